The molecule has 3 aromatic rings. The van der Waals surface area contributed by atoms with E-state index in [-0.39, 0.29) is 0 Å². The number of nitrogens with zero attached hydrogens (tertiary/aromatic N) is 3. The monoisotopic (exact) mass is 588 g/mol. The highest BCUT2D eigenvalue weighted by Crippen LogP contribution is 2.34. The van der Waals surface area contributed by atoms with Gasteiger partial charge in [0.2, 0.25) is 10.0 Å². The minimum Gasteiger partial charge on any atom is -0.473 e. The Morgan fingerprint density at radius 3 is 2.22 bits per heavy atom. The van der Waals surface area contributed by atoms with Crippen LogP contribution >= 0.6 is 0 Å². The number of sulfonamides is 1. The van der Waals surface area contributed by atoms with Gasteiger partial charge in [-0.25, -0.2) is 18.0 Å². The largest absolute Gasteiger partial charge is 0.473 e. The maximum Gasteiger partial charge on any atom is 0.414 e. The van der Waals surface area contributed by atoms with Gasteiger partial charge in [-0.2, -0.15) is 4.31 Å². The fourth-order valence-corrected chi connectivity index (χ4v) is 6.55. The van der Waals surface area contributed by atoms with Crippen LogP contribution in [-0.2, 0) is 37.4 Å². The van der Waals surface area contributed by atoms with E-state index in [1.807, 2.05) is 24.3 Å². The van der Waals surface area contributed by atoms with Crippen molar-refractivity contribution >= 4 is 27.6 Å². The molecule has 1 aromatic carbocycles. The Balaban J connectivity index is 0.000000585. The van der Waals surface area contributed by atoms with Gasteiger partial charge >= 0.3 is 11.9 Å². The molecular formula is C28H36N4O8S. The average molecular weight is 589 g/mol. The fraction of sp³-hybridized carbons (Fsp3) is 0.429. The van der Waals surface area contributed by atoms with E-state index in [2.05, 4.69) is 34.7 Å². The normalized spacial score (nSPS) is 15.9. The topological polar surface area (TPSA) is 155 Å². The number of nitrogens with one attached hydrogen (secondary N) is 1. The maximum atomic E-state index is 13.5. The molecule has 13 heteroatoms. The molecule has 4 heterocycles. The molecule has 3 N–H and O–H groups in total. The molecule has 222 valence electrons. The summed E-state index contributed by atoms with van der Waals surface area (Å²) in [6.07, 6.45) is 3.98. The summed E-state index contributed by atoms with van der Waals surface area (Å²) < 4.78 is 41.5. The van der Waals surface area contributed by atoms with E-state index in [0.717, 1.165) is 54.5 Å². The number of ether oxygens (including phenoxy) is 1. The summed E-state index contributed by atoms with van der Waals surface area (Å²) in [5.41, 5.74) is 5.38. The van der Waals surface area contributed by atoms with Crippen LogP contribution in [0.4, 0.5) is 5.69 Å². The highest BCUT2D eigenvalue weighted by atomic mass is 32.2. The van der Waals surface area contributed by atoms with Crippen molar-refractivity contribution in [2.24, 2.45) is 0 Å². The third kappa shape index (κ3) is 7.17. The van der Waals surface area contributed by atoms with Crippen molar-refractivity contribution < 1.29 is 37.4 Å². The van der Waals surface area contributed by atoms with Crippen molar-refractivity contribution in [1.29, 1.82) is 0 Å². The fourth-order valence-electron chi connectivity index (χ4n) is 5.12. The van der Waals surface area contributed by atoms with Gasteiger partial charge in [0.1, 0.15) is 5.76 Å². The third-order valence-corrected chi connectivity index (χ3v) is 9.05. The first kappa shape index (κ1) is 30.3. The van der Waals surface area contributed by atoms with E-state index in [9.17, 15) is 8.42 Å². The minimum absolute atomic E-state index is 0.336. The number of aryl methyl sites for hydroxylation is 1. The lowest BCUT2D eigenvalue weighted by Crippen LogP contribution is -2.40. The Morgan fingerprint density at radius 2 is 1.61 bits per heavy atom. The van der Waals surface area contributed by atoms with Gasteiger partial charge in [-0.1, -0.05) is 0 Å². The van der Waals surface area contributed by atoms with Crippen molar-refractivity contribution in [3.05, 3.63) is 65.4 Å². The lowest BCUT2D eigenvalue weighted by molar-refractivity contribution is -0.159. The van der Waals surface area contributed by atoms with Crippen molar-refractivity contribution in [1.82, 2.24) is 14.2 Å². The molecule has 2 fully saturated rings. The molecule has 0 saturated carbocycles. The highest BCUT2D eigenvalue weighted by molar-refractivity contribution is 7.89. The molecule has 5 rings (SSSR count). The number of carboxylic acid groups (broad SMARTS) is 2. The van der Waals surface area contributed by atoms with Gasteiger partial charge in [-0.15, -0.1) is 0 Å². The summed E-state index contributed by atoms with van der Waals surface area (Å²) in [6.45, 7) is 9.16. The number of benzene rings is 1. The molecule has 0 bridgehead atoms. The van der Waals surface area contributed by atoms with Gasteiger partial charge in [0, 0.05) is 44.1 Å². The lowest BCUT2D eigenvalue weighted by atomic mass is 10.2. The van der Waals surface area contributed by atoms with Crippen LogP contribution in [-0.4, -0.2) is 78.8 Å². The summed E-state index contributed by atoms with van der Waals surface area (Å²) in [5.74, 6) is -2.75. The number of aliphatic carboxylic acids is 2. The number of hydrogen-bond donors (Lipinski definition) is 3. The van der Waals surface area contributed by atoms with Crippen LogP contribution in [0.1, 0.15) is 35.6 Å². The molecule has 0 atom stereocenters. The molecule has 2 aliphatic heterocycles. The van der Waals surface area contributed by atoms with E-state index in [1.165, 1.54) is 9.87 Å². The Labute approximate surface area is 239 Å². The maximum absolute atomic E-state index is 13.5. The molecule has 2 saturated heterocycles. The van der Waals surface area contributed by atoms with Crippen LogP contribution < -0.4 is 10.2 Å². The molecule has 12 nitrogen and oxygen atoms in total. The summed E-state index contributed by atoms with van der Waals surface area (Å²) in [4.78, 5) is 20.9. The molecular weight excluding hydrogens is 552 g/mol. The number of carboxylic acids is 2. The van der Waals surface area contributed by atoms with Crippen LogP contribution in [0.15, 0.2) is 52.0 Å². The summed E-state index contributed by atoms with van der Waals surface area (Å²) in [6, 6.07) is 11.6. The van der Waals surface area contributed by atoms with E-state index < -0.39 is 22.0 Å². The number of anilines is 1. The molecule has 2 aliphatic rings. The molecule has 0 radical (unpaired) electrons. The van der Waals surface area contributed by atoms with Crippen LogP contribution in [0.5, 0.6) is 0 Å². The van der Waals surface area contributed by atoms with Gasteiger partial charge in [0.25, 0.3) is 0 Å². The second-order valence-electron chi connectivity index (χ2n) is 9.89. The first-order valence-corrected chi connectivity index (χ1v) is 14.9. The van der Waals surface area contributed by atoms with Gasteiger partial charge in [-0.05, 0) is 68.7 Å². The van der Waals surface area contributed by atoms with Crippen LogP contribution in [0.2, 0.25) is 0 Å². The SMILES string of the molecule is Cc1cc(CNCc2ccco2)c(C)n1-c1cc(S(=O)(=O)N2CCOCC2)ccc1N1CCCC1.O=C(O)C(=O)O. The van der Waals surface area contributed by atoms with Crippen LogP contribution in [0.3, 0.4) is 0 Å². The number of morpholine rings is 1. The van der Waals surface area contributed by atoms with Crippen LogP contribution in [0, 0.1) is 13.8 Å². The standard InChI is InChI=1S/C26H34N4O4S.C2H2O4/c1-20-16-22(18-27-19-23-6-5-13-34-23)21(2)30(20)26-17-24(7-8-25(26)28-9-3-4-10-28)35(31,32)29-11-14-33-15-12-29;3-1(4)2(5)6/h5-8,13,16-17,27H,3-4,9-12,14-15,18-19H2,1-2H3;(H,3,4)(H,5,6). The van der Waals surface area contributed by atoms with E-state index >= 15 is 0 Å². The smallest absolute Gasteiger partial charge is 0.414 e. The minimum atomic E-state index is -3.59. The van der Waals surface area contributed by atoms with Gasteiger partial charge < -0.3 is 34.2 Å². The number of aromatic nitrogens is 1. The second-order valence-corrected chi connectivity index (χ2v) is 11.8. The first-order chi connectivity index (χ1) is 19.6. The predicted molar refractivity (Wildman–Crippen MR) is 151 cm³/mol. The number of rotatable bonds is 8. The van der Waals surface area contributed by atoms with Crippen LogP contribution in [0.25, 0.3) is 5.69 Å². The molecule has 41 heavy (non-hydrogen) atoms. The zero-order chi connectivity index (χ0) is 29.6. The number of carbonyl (C=O) groups is 2. The highest BCUT2D eigenvalue weighted by Gasteiger charge is 2.29. The molecule has 0 unspecified atom stereocenters. The Kier molecular flexibility index (Phi) is 9.86. The van der Waals surface area contributed by atoms with E-state index in [0.29, 0.717) is 44.3 Å². The van der Waals surface area contributed by atoms with Crippen molar-refractivity contribution in [3.8, 4) is 5.69 Å². The van der Waals surface area contributed by atoms with E-state index in [1.54, 1.807) is 12.3 Å². The van der Waals surface area contributed by atoms with Gasteiger partial charge in [-0.3, -0.25) is 0 Å². The Bertz CT molecular complexity index is 1440. The molecule has 2 aromatic heterocycles. The first-order valence-electron chi connectivity index (χ1n) is 13.4. The average Bonchev–Trinajstić information content (AvgIpc) is 3.72. The summed E-state index contributed by atoms with van der Waals surface area (Å²) >= 11 is 0. The van der Waals surface area contributed by atoms with E-state index in [4.69, 9.17) is 29.0 Å². The van der Waals surface area contributed by atoms with Crippen molar-refractivity contribution in [2.75, 3.05) is 44.3 Å². The zero-order valence-corrected chi connectivity index (χ0v) is 24.0. The molecule has 0 spiro atoms. The quantitative estimate of drug-likeness (QED) is 0.335. The summed E-state index contributed by atoms with van der Waals surface area (Å²) in [7, 11) is -3.59. The summed E-state index contributed by atoms with van der Waals surface area (Å²) in [5, 5.41) is 18.2. The van der Waals surface area contributed by atoms with Gasteiger partial charge in [0.05, 0.1) is 42.3 Å². The zero-order valence-electron chi connectivity index (χ0n) is 23.2. The second kappa shape index (κ2) is 13.3. The van der Waals surface area contributed by atoms with Gasteiger partial charge in [0.15, 0.2) is 0 Å². The Hall–Kier alpha value is -3.65. The number of furan rings is 1. The van der Waals surface area contributed by atoms with Crippen molar-refractivity contribution in [3.63, 3.8) is 0 Å². The van der Waals surface area contributed by atoms with Crippen molar-refractivity contribution in [2.45, 2.75) is 44.7 Å². The third-order valence-electron chi connectivity index (χ3n) is 7.16. The lowest BCUT2D eigenvalue weighted by Gasteiger charge is -2.28. The number of hydrogen-bond acceptors (Lipinski definition) is 8. The Morgan fingerprint density at radius 1 is 0.927 bits per heavy atom. The molecule has 0 amide bonds. The predicted octanol–water partition coefficient (Wildman–Crippen LogP) is 2.75. The molecule has 0 aliphatic carbocycles.